The first-order valence-electron chi connectivity index (χ1n) is 4.91. The van der Waals surface area contributed by atoms with Crippen molar-refractivity contribution < 1.29 is 27.8 Å². The van der Waals surface area contributed by atoms with Crippen LogP contribution in [0.3, 0.4) is 0 Å². The lowest BCUT2D eigenvalue weighted by atomic mass is 10.1. The number of aromatic carboxylic acids is 1. The van der Waals surface area contributed by atoms with Crippen molar-refractivity contribution in [3.8, 4) is 5.75 Å². The number of ether oxygens (including phenoxy) is 1. The van der Waals surface area contributed by atoms with E-state index in [1.165, 1.54) is 18.3 Å². The van der Waals surface area contributed by atoms with E-state index in [2.05, 4.69) is 9.72 Å². The van der Waals surface area contributed by atoms with Crippen molar-refractivity contribution in [2.45, 2.75) is 6.18 Å². The van der Waals surface area contributed by atoms with Gasteiger partial charge in [0.05, 0.1) is 5.56 Å². The molecular formula is C11H8F3NO3. The molecule has 2 rings (SSSR count). The minimum Gasteiger partial charge on any atom is -0.483 e. The topological polar surface area (TPSA) is 62.3 Å². The molecule has 18 heavy (non-hydrogen) atoms. The third-order valence-electron chi connectivity index (χ3n) is 2.27. The summed E-state index contributed by atoms with van der Waals surface area (Å²) in [6, 6.07) is 3.93. The number of carbonyl (C=O) groups is 1. The Morgan fingerprint density at radius 3 is 2.72 bits per heavy atom. The quantitative estimate of drug-likeness (QED) is 0.890. The van der Waals surface area contributed by atoms with Crippen LogP contribution < -0.4 is 4.74 Å². The molecule has 0 amide bonds. The molecule has 0 aliphatic heterocycles. The van der Waals surface area contributed by atoms with Gasteiger partial charge >= 0.3 is 12.1 Å². The summed E-state index contributed by atoms with van der Waals surface area (Å²) in [6.45, 7) is -1.46. The molecular weight excluding hydrogens is 251 g/mol. The van der Waals surface area contributed by atoms with Gasteiger partial charge in [0, 0.05) is 17.1 Å². The van der Waals surface area contributed by atoms with Crippen molar-refractivity contribution in [2.24, 2.45) is 0 Å². The first kappa shape index (κ1) is 12.3. The number of alkyl halides is 3. The van der Waals surface area contributed by atoms with Gasteiger partial charge in [0.15, 0.2) is 6.61 Å². The molecule has 0 saturated heterocycles. The number of carboxylic acid groups (broad SMARTS) is 1. The number of benzene rings is 1. The lowest BCUT2D eigenvalue weighted by Crippen LogP contribution is -2.19. The number of aromatic nitrogens is 1. The average Bonchev–Trinajstić information content (AvgIpc) is 2.72. The van der Waals surface area contributed by atoms with E-state index >= 15 is 0 Å². The van der Waals surface area contributed by atoms with Crippen molar-refractivity contribution in [1.82, 2.24) is 4.98 Å². The molecule has 4 nitrogen and oxygen atoms in total. The fourth-order valence-corrected chi connectivity index (χ4v) is 1.54. The van der Waals surface area contributed by atoms with Gasteiger partial charge in [-0.05, 0) is 18.2 Å². The molecule has 0 unspecified atom stereocenters. The number of H-pyrrole nitrogens is 1. The minimum atomic E-state index is -4.47. The molecule has 2 aromatic rings. The Morgan fingerprint density at radius 2 is 2.11 bits per heavy atom. The SMILES string of the molecule is O=C(O)c1cc(OCC(F)(F)F)c2cc[nH]c2c1. The van der Waals surface area contributed by atoms with Gasteiger partial charge < -0.3 is 14.8 Å². The van der Waals surface area contributed by atoms with Crippen molar-refractivity contribution in [3.05, 3.63) is 30.0 Å². The van der Waals surface area contributed by atoms with E-state index in [1.807, 2.05) is 0 Å². The number of halogens is 3. The zero-order valence-electron chi connectivity index (χ0n) is 8.91. The summed E-state index contributed by atoms with van der Waals surface area (Å²) in [5.74, 6) is -1.34. The summed E-state index contributed by atoms with van der Waals surface area (Å²) in [6.07, 6.45) is -2.97. The second-order valence-electron chi connectivity index (χ2n) is 3.62. The van der Waals surface area contributed by atoms with Gasteiger partial charge in [0.1, 0.15) is 5.75 Å². The Labute approximate surface area is 99.0 Å². The van der Waals surface area contributed by atoms with Gasteiger partial charge in [-0.25, -0.2) is 4.79 Å². The van der Waals surface area contributed by atoms with Crippen LogP contribution in [-0.2, 0) is 0 Å². The van der Waals surface area contributed by atoms with Crippen LogP contribution in [0.2, 0.25) is 0 Å². The zero-order valence-corrected chi connectivity index (χ0v) is 8.91. The molecule has 1 aromatic carbocycles. The van der Waals surface area contributed by atoms with Crippen molar-refractivity contribution >= 4 is 16.9 Å². The summed E-state index contributed by atoms with van der Waals surface area (Å²) < 4.78 is 40.9. The molecule has 0 atom stereocenters. The molecule has 7 heteroatoms. The van der Waals surface area contributed by atoms with Gasteiger partial charge in [-0.2, -0.15) is 13.2 Å². The van der Waals surface area contributed by atoms with Crippen LogP contribution in [0.25, 0.3) is 10.9 Å². The normalized spacial score (nSPS) is 11.7. The molecule has 0 aliphatic rings. The average molecular weight is 259 g/mol. The van der Waals surface area contributed by atoms with Crippen LogP contribution in [-0.4, -0.2) is 28.8 Å². The van der Waals surface area contributed by atoms with E-state index in [9.17, 15) is 18.0 Å². The molecule has 1 aromatic heterocycles. The maximum Gasteiger partial charge on any atom is 0.422 e. The van der Waals surface area contributed by atoms with E-state index in [4.69, 9.17) is 5.11 Å². The highest BCUT2D eigenvalue weighted by Crippen LogP contribution is 2.28. The number of aromatic amines is 1. The number of hydrogen-bond donors (Lipinski definition) is 2. The number of fused-ring (bicyclic) bond motifs is 1. The highest BCUT2D eigenvalue weighted by Gasteiger charge is 2.29. The Kier molecular flexibility index (Phi) is 2.90. The van der Waals surface area contributed by atoms with E-state index in [0.29, 0.717) is 10.9 Å². The summed E-state index contributed by atoms with van der Waals surface area (Å²) >= 11 is 0. The second-order valence-corrected chi connectivity index (χ2v) is 3.62. The molecule has 96 valence electrons. The van der Waals surface area contributed by atoms with Gasteiger partial charge in [-0.15, -0.1) is 0 Å². The Morgan fingerprint density at radius 1 is 1.39 bits per heavy atom. The maximum atomic E-state index is 12.1. The fraction of sp³-hybridized carbons (Fsp3) is 0.182. The molecule has 0 spiro atoms. The lowest BCUT2D eigenvalue weighted by Gasteiger charge is -2.10. The van der Waals surface area contributed by atoms with Gasteiger partial charge in [0.2, 0.25) is 0 Å². The van der Waals surface area contributed by atoms with E-state index in [0.717, 1.165) is 6.07 Å². The van der Waals surface area contributed by atoms with Crippen LogP contribution in [0.5, 0.6) is 5.75 Å². The van der Waals surface area contributed by atoms with Crippen LogP contribution >= 0.6 is 0 Å². The van der Waals surface area contributed by atoms with Gasteiger partial charge in [-0.3, -0.25) is 0 Å². The summed E-state index contributed by atoms with van der Waals surface area (Å²) in [4.78, 5) is 13.6. The Balaban J connectivity index is 2.41. The second kappa shape index (κ2) is 4.25. The maximum absolute atomic E-state index is 12.1. The standard InChI is InChI=1S/C11H8F3NO3/c12-11(13,14)5-18-9-4-6(10(16)17)3-8-7(9)1-2-15-8/h1-4,15H,5H2,(H,16,17). The summed E-state index contributed by atoms with van der Waals surface area (Å²) in [5.41, 5.74) is 0.272. The third kappa shape index (κ3) is 2.55. The lowest BCUT2D eigenvalue weighted by molar-refractivity contribution is -0.153. The van der Waals surface area contributed by atoms with E-state index in [-0.39, 0.29) is 11.3 Å². The number of nitrogens with one attached hydrogen (secondary N) is 1. The fourth-order valence-electron chi connectivity index (χ4n) is 1.54. The molecule has 0 fully saturated rings. The molecule has 1 heterocycles. The van der Waals surface area contributed by atoms with Crippen molar-refractivity contribution in [3.63, 3.8) is 0 Å². The predicted molar refractivity (Wildman–Crippen MR) is 56.8 cm³/mol. The molecule has 0 bridgehead atoms. The minimum absolute atomic E-state index is 0.108. The largest absolute Gasteiger partial charge is 0.483 e. The Hall–Kier alpha value is -2.18. The molecule has 2 N–H and O–H groups in total. The van der Waals surface area contributed by atoms with Crippen LogP contribution in [0.15, 0.2) is 24.4 Å². The highest BCUT2D eigenvalue weighted by molar-refractivity contribution is 5.96. The zero-order chi connectivity index (χ0) is 13.3. The van der Waals surface area contributed by atoms with Gasteiger partial charge in [-0.1, -0.05) is 0 Å². The number of carboxylic acids is 1. The van der Waals surface area contributed by atoms with E-state index in [1.54, 1.807) is 0 Å². The molecule has 0 saturated carbocycles. The van der Waals surface area contributed by atoms with Crippen molar-refractivity contribution in [1.29, 1.82) is 0 Å². The highest BCUT2D eigenvalue weighted by atomic mass is 19.4. The monoisotopic (exact) mass is 259 g/mol. The smallest absolute Gasteiger partial charge is 0.422 e. The summed E-state index contributed by atoms with van der Waals surface area (Å²) in [5, 5.41) is 9.25. The van der Waals surface area contributed by atoms with Crippen LogP contribution in [0.1, 0.15) is 10.4 Å². The van der Waals surface area contributed by atoms with Crippen LogP contribution in [0.4, 0.5) is 13.2 Å². The molecule has 0 aliphatic carbocycles. The van der Waals surface area contributed by atoms with E-state index < -0.39 is 18.8 Å². The number of rotatable bonds is 3. The number of hydrogen-bond acceptors (Lipinski definition) is 2. The molecule has 0 radical (unpaired) electrons. The van der Waals surface area contributed by atoms with Crippen LogP contribution in [0, 0.1) is 0 Å². The van der Waals surface area contributed by atoms with Crippen molar-refractivity contribution in [2.75, 3.05) is 6.61 Å². The third-order valence-corrected chi connectivity index (χ3v) is 2.27. The first-order chi connectivity index (χ1) is 8.37. The summed E-state index contributed by atoms with van der Waals surface area (Å²) in [7, 11) is 0. The Bertz CT molecular complexity index is 589. The first-order valence-corrected chi connectivity index (χ1v) is 4.91. The predicted octanol–water partition coefficient (Wildman–Crippen LogP) is 2.81. The van der Waals surface area contributed by atoms with Gasteiger partial charge in [0.25, 0.3) is 0 Å².